The number of anilines is 2. The number of nitrogens with one attached hydrogen (secondary N) is 1. The molecule has 0 bridgehead atoms. The van der Waals surface area contributed by atoms with Gasteiger partial charge >= 0.3 is 5.97 Å². The van der Waals surface area contributed by atoms with E-state index in [2.05, 4.69) is 5.32 Å². The molecule has 0 saturated carbocycles. The number of carboxylic acids is 1. The lowest BCUT2D eigenvalue weighted by atomic mass is 10.1. The van der Waals surface area contributed by atoms with Gasteiger partial charge in [0.05, 0.1) is 11.3 Å². The molecule has 0 fully saturated rings. The summed E-state index contributed by atoms with van der Waals surface area (Å²) in [6.07, 6.45) is 0. The van der Waals surface area contributed by atoms with E-state index < -0.39 is 17.7 Å². The highest BCUT2D eigenvalue weighted by Crippen LogP contribution is 2.21. The molecule has 20 heavy (non-hydrogen) atoms. The third-order valence-corrected chi connectivity index (χ3v) is 2.66. The van der Waals surface area contributed by atoms with Crippen molar-refractivity contribution >= 4 is 23.3 Å². The van der Waals surface area contributed by atoms with Crippen molar-refractivity contribution in [2.45, 2.75) is 0 Å². The van der Waals surface area contributed by atoms with Crippen LogP contribution in [-0.4, -0.2) is 17.0 Å². The SMILES string of the molecule is NC(=O)c1ccc(Nc2ccc(C(=O)O)cc2)c(F)c1. The second kappa shape index (κ2) is 5.40. The molecule has 4 N–H and O–H groups in total. The minimum Gasteiger partial charge on any atom is -0.478 e. The van der Waals surface area contributed by atoms with E-state index in [4.69, 9.17) is 10.8 Å². The van der Waals surface area contributed by atoms with Gasteiger partial charge in [0.2, 0.25) is 5.91 Å². The molecular weight excluding hydrogens is 263 g/mol. The molecule has 0 aliphatic rings. The molecule has 0 heterocycles. The van der Waals surface area contributed by atoms with E-state index in [0.29, 0.717) is 5.69 Å². The van der Waals surface area contributed by atoms with Crippen LogP contribution >= 0.6 is 0 Å². The Labute approximate surface area is 113 Å². The van der Waals surface area contributed by atoms with Gasteiger partial charge in [-0.25, -0.2) is 9.18 Å². The quantitative estimate of drug-likeness (QED) is 0.798. The summed E-state index contributed by atoms with van der Waals surface area (Å²) in [6.45, 7) is 0. The molecule has 6 heteroatoms. The van der Waals surface area contributed by atoms with Crippen LogP contribution in [0.25, 0.3) is 0 Å². The summed E-state index contributed by atoms with van der Waals surface area (Å²) >= 11 is 0. The smallest absolute Gasteiger partial charge is 0.335 e. The molecule has 0 aromatic heterocycles. The fourth-order valence-corrected chi connectivity index (χ4v) is 1.62. The lowest BCUT2D eigenvalue weighted by Gasteiger charge is -2.08. The Kier molecular flexibility index (Phi) is 3.65. The van der Waals surface area contributed by atoms with Crippen LogP contribution in [0.15, 0.2) is 42.5 Å². The van der Waals surface area contributed by atoms with Crippen LogP contribution in [0.1, 0.15) is 20.7 Å². The van der Waals surface area contributed by atoms with Crippen LogP contribution in [0.5, 0.6) is 0 Å². The number of benzene rings is 2. The largest absolute Gasteiger partial charge is 0.478 e. The second-order valence-electron chi connectivity index (χ2n) is 4.07. The van der Waals surface area contributed by atoms with Crippen molar-refractivity contribution in [2.24, 2.45) is 5.73 Å². The van der Waals surface area contributed by atoms with Crippen LogP contribution in [0.3, 0.4) is 0 Å². The number of nitrogens with two attached hydrogens (primary N) is 1. The highest BCUT2D eigenvalue weighted by molar-refractivity contribution is 5.93. The van der Waals surface area contributed by atoms with Crippen molar-refractivity contribution in [2.75, 3.05) is 5.32 Å². The molecular formula is C14H11FN2O3. The Morgan fingerprint density at radius 3 is 2.15 bits per heavy atom. The Balaban J connectivity index is 2.21. The second-order valence-corrected chi connectivity index (χ2v) is 4.07. The zero-order valence-electron chi connectivity index (χ0n) is 10.3. The predicted molar refractivity (Wildman–Crippen MR) is 71.6 cm³/mol. The predicted octanol–water partition coefficient (Wildman–Crippen LogP) is 2.37. The summed E-state index contributed by atoms with van der Waals surface area (Å²) in [7, 11) is 0. The Morgan fingerprint density at radius 1 is 1.05 bits per heavy atom. The summed E-state index contributed by atoms with van der Waals surface area (Å²) in [5, 5.41) is 11.6. The average molecular weight is 274 g/mol. The first-order valence-corrected chi connectivity index (χ1v) is 5.67. The fraction of sp³-hybridized carbons (Fsp3) is 0. The molecule has 0 aliphatic heterocycles. The monoisotopic (exact) mass is 274 g/mol. The van der Waals surface area contributed by atoms with Crippen molar-refractivity contribution in [3.05, 3.63) is 59.4 Å². The maximum absolute atomic E-state index is 13.7. The van der Waals surface area contributed by atoms with Gasteiger partial charge in [0.1, 0.15) is 5.82 Å². The fourth-order valence-electron chi connectivity index (χ4n) is 1.62. The average Bonchev–Trinajstić information content (AvgIpc) is 2.41. The van der Waals surface area contributed by atoms with Gasteiger partial charge in [-0.05, 0) is 42.5 Å². The molecule has 0 radical (unpaired) electrons. The molecule has 2 aromatic carbocycles. The van der Waals surface area contributed by atoms with Gasteiger partial charge in [-0.3, -0.25) is 4.79 Å². The van der Waals surface area contributed by atoms with Gasteiger partial charge in [-0.15, -0.1) is 0 Å². The van der Waals surface area contributed by atoms with Crippen molar-refractivity contribution in [1.82, 2.24) is 0 Å². The summed E-state index contributed by atoms with van der Waals surface area (Å²) < 4.78 is 13.7. The summed E-state index contributed by atoms with van der Waals surface area (Å²) in [5.74, 6) is -2.36. The zero-order valence-corrected chi connectivity index (χ0v) is 10.3. The molecule has 0 spiro atoms. The van der Waals surface area contributed by atoms with Crippen LogP contribution < -0.4 is 11.1 Å². The highest BCUT2D eigenvalue weighted by atomic mass is 19.1. The molecule has 2 aromatic rings. The third-order valence-electron chi connectivity index (χ3n) is 2.66. The maximum Gasteiger partial charge on any atom is 0.335 e. The lowest BCUT2D eigenvalue weighted by molar-refractivity contribution is 0.0696. The van der Waals surface area contributed by atoms with E-state index in [1.807, 2.05) is 0 Å². The molecule has 0 saturated heterocycles. The number of primary amides is 1. The van der Waals surface area contributed by atoms with Crippen molar-refractivity contribution in [1.29, 1.82) is 0 Å². The van der Waals surface area contributed by atoms with E-state index in [1.165, 1.54) is 36.4 Å². The summed E-state index contributed by atoms with van der Waals surface area (Å²) in [6, 6.07) is 9.67. The van der Waals surface area contributed by atoms with Crippen molar-refractivity contribution in [3.8, 4) is 0 Å². The van der Waals surface area contributed by atoms with Gasteiger partial charge in [-0.1, -0.05) is 0 Å². The number of carbonyl (C=O) groups excluding carboxylic acids is 1. The minimum absolute atomic E-state index is 0.0780. The Bertz CT molecular complexity index is 669. The van der Waals surface area contributed by atoms with Crippen LogP contribution in [0, 0.1) is 5.82 Å². The first kappa shape index (κ1) is 13.5. The van der Waals surface area contributed by atoms with Crippen LogP contribution in [0.4, 0.5) is 15.8 Å². The zero-order chi connectivity index (χ0) is 14.7. The summed E-state index contributed by atoms with van der Waals surface area (Å²) in [4.78, 5) is 21.6. The number of amides is 1. The number of hydrogen-bond donors (Lipinski definition) is 3. The minimum atomic E-state index is -1.03. The lowest BCUT2D eigenvalue weighted by Crippen LogP contribution is -2.11. The van der Waals surface area contributed by atoms with Gasteiger partial charge in [0.15, 0.2) is 0 Å². The first-order chi connectivity index (χ1) is 9.47. The van der Waals surface area contributed by atoms with Gasteiger partial charge in [0.25, 0.3) is 0 Å². The molecule has 102 valence electrons. The number of carbonyl (C=O) groups is 2. The summed E-state index contributed by atoms with van der Waals surface area (Å²) in [5.41, 5.74) is 5.96. The van der Waals surface area contributed by atoms with Gasteiger partial charge in [-0.2, -0.15) is 0 Å². The number of rotatable bonds is 4. The van der Waals surface area contributed by atoms with E-state index in [9.17, 15) is 14.0 Å². The number of hydrogen-bond acceptors (Lipinski definition) is 3. The van der Waals surface area contributed by atoms with Crippen molar-refractivity contribution in [3.63, 3.8) is 0 Å². The molecule has 0 unspecified atom stereocenters. The van der Waals surface area contributed by atoms with Gasteiger partial charge in [0, 0.05) is 11.3 Å². The normalized spacial score (nSPS) is 10.1. The van der Waals surface area contributed by atoms with E-state index in [0.717, 1.165) is 6.07 Å². The van der Waals surface area contributed by atoms with Crippen LogP contribution in [0.2, 0.25) is 0 Å². The number of aromatic carboxylic acids is 1. The maximum atomic E-state index is 13.7. The standard InChI is InChI=1S/C14H11FN2O3/c15-11-7-9(13(16)18)3-6-12(11)17-10-4-1-8(2-5-10)14(19)20/h1-7,17H,(H2,16,18)(H,19,20). The molecule has 5 nitrogen and oxygen atoms in total. The molecule has 0 aliphatic carbocycles. The van der Waals surface area contributed by atoms with Crippen LogP contribution in [-0.2, 0) is 0 Å². The van der Waals surface area contributed by atoms with E-state index in [-0.39, 0.29) is 16.8 Å². The Morgan fingerprint density at radius 2 is 1.65 bits per heavy atom. The molecule has 1 amide bonds. The molecule has 0 atom stereocenters. The molecule has 2 rings (SSSR count). The van der Waals surface area contributed by atoms with E-state index >= 15 is 0 Å². The first-order valence-electron chi connectivity index (χ1n) is 5.67. The number of carboxylic acid groups (broad SMARTS) is 1. The van der Waals surface area contributed by atoms with Crippen molar-refractivity contribution < 1.29 is 19.1 Å². The topological polar surface area (TPSA) is 92.4 Å². The third kappa shape index (κ3) is 2.92. The van der Waals surface area contributed by atoms with E-state index in [1.54, 1.807) is 0 Å². The van der Waals surface area contributed by atoms with Gasteiger partial charge < -0.3 is 16.2 Å². The Hall–Kier alpha value is -2.89. The highest BCUT2D eigenvalue weighted by Gasteiger charge is 2.08. The number of halogens is 1.